The first-order valence-corrected chi connectivity index (χ1v) is 16.4. The summed E-state index contributed by atoms with van der Waals surface area (Å²) in [5, 5.41) is 3.43. The molecule has 0 saturated carbocycles. The number of anilines is 1. The van der Waals surface area contributed by atoms with Gasteiger partial charge in [-0.3, -0.25) is 13.9 Å². The van der Waals surface area contributed by atoms with E-state index in [4.69, 9.17) is 16.3 Å². The Morgan fingerprint density at radius 2 is 1.51 bits per heavy atom. The van der Waals surface area contributed by atoms with Gasteiger partial charge in [0.05, 0.1) is 17.7 Å². The van der Waals surface area contributed by atoms with Crippen LogP contribution in [0, 0.1) is 6.92 Å². The predicted molar refractivity (Wildman–Crippen MR) is 178 cm³/mol. The van der Waals surface area contributed by atoms with E-state index in [-0.39, 0.29) is 29.8 Å². The number of carbonyl (C=O) groups excluding carboxylic acids is 2. The van der Waals surface area contributed by atoms with E-state index in [1.807, 2.05) is 57.2 Å². The van der Waals surface area contributed by atoms with Gasteiger partial charge in [-0.25, -0.2) is 8.42 Å². The van der Waals surface area contributed by atoms with Crippen molar-refractivity contribution in [1.29, 1.82) is 0 Å². The van der Waals surface area contributed by atoms with Gasteiger partial charge in [0, 0.05) is 24.0 Å². The number of halogens is 1. The monoisotopic (exact) mass is 647 g/mol. The maximum absolute atomic E-state index is 14.5. The minimum absolute atomic E-state index is 0.00328. The number of carbonyl (C=O) groups is 2. The van der Waals surface area contributed by atoms with Crippen molar-refractivity contribution in [2.24, 2.45) is 0 Å². The lowest BCUT2D eigenvalue weighted by Crippen LogP contribution is -2.54. The molecule has 1 atom stereocenters. The average molecular weight is 648 g/mol. The highest BCUT2D eigenvalue weighted by Crippen LogP contribution is 2.27. The van der Waals surface area contributed by atoms with Crippen LogP contribution in [-0.2, 0) is 32.6 Å². The molecular formula is C35H38ClN3O5S. The standard InChI is InChI=1S/C35H38ClN3O5S/c1-25(2)37-35(41)33(22-27-9-6-5-7-10-27)38(23-28-11-8-12-29(36)21-28)34(40)24-39(30-15-13-26(3)14-16-30)45(42,43)32-19-17-31(44-4)18-20-32/h5-21,25,33H,22-24H2,1-4H3,(H,37,41). The molecule has 0 aliphatic carbocycles. The molecule has 236 valence electrons. The Bertz CT molecular complexity index is 1700. The van der Waals surface area contributed by atoms with Gasteiger partial charge in [0.15, 0.2) is 0 Å². The van der Waals surface area contributed by atoms with E-state index in [0.717, 1.165) is 15.4 Å². The molecule has 45 heavy (non-hydrogen) atoms. The minimum Gasteiger partial charge on any atom is -0.497 e. The Morgan fingerprint density at radius 1 is 0.867 bits per heavy atom. The van der Waals surface area contributed by atoms with Gasteiger partial charge in [-0.05, 0) is 80.4 Å². The molecule has 0 saturated heterocycles. The van der Waals surface area contributed by atoms with E-state index < -0.39 is 28.5 Å². The fourth-order valence-electron chi connectivity index (χ4n) is 4.88. The summed E-state index contributed by atoms with van der Waals surface area (Å²) in [5.41, 5.74) is 2.80. The van der Waals surface area contributed by atoms with Crippen LogP contribution in [0.3, 0.4) is 0 Å². The van der Waals surface area contributed by atoms with Crippen LogP contribution in [0.5, 0.6) is 5.75 Å². The summed E-state index contributed by atoms with van der Waals surface area (Å²) in [6.07, 6.45) is 0.224. The highest BCUT2D eigenvalue weighted by atomic mass is 35.5. The van der Waals surface area contributed by atoms with Crippen molar-refractivity contribution >= 4 is 39.1 Å². The summed E-state index contributed by atoms with van der Waals surface area (Å²) in [6.45, 7) is 5.08. The summed E-state index contributed by atoms with van der Waals surface area (Å²) < 4.78 is 34.6. The zero-order valence-electron chi connectivity index (χ0n) is 25.8. The number of nitrogens with zero attached hydrogens (tertiary/aromatic N) is 2. The number of aryl methyl sites for hydroxylation is 1. The van der Waals surface area contributed by atoms with Gasteiger partial charge in [-0.15, -0.1) is 0 Å². The summed E-state index contributed by atoms with van der Waals surface area (Å²) in [7, 11) is -2.72. The molecule has 0 heterocycles. The van der Waals surface area contributed by atoms with Crippen molar-refractivity contribution in [2.45, 2.75) is 50.7 Å². The third-order valence-electron chi connectivity index (χ3n) is 7.19. The van der Waals surface area contributed by atoms with Crippen LogP contribution in [-0.4, -0.2) is 50.9 Å². The van der Waals surface area contributed by atoms with Crippen molar-refractivity contribution in [3.8, 4) is 5.75 Å². The van der Waals surface area contributed by atoms with Crippen LogP contribution in [0.25, 0.3) is 0 Å². The smallest absolute Gasteiger partial charge is 0.264 e. The van der Waals surface area contributed by atoms with Gasteiger partial charge in [-0.2, -0.15) is 0 Å². The van der Waals surface area contributed by atoms with E-state index in [2.05, 4.69) is 5.32 Å². The molecule has 0 spiro atoms. The largest absolute Gasteiger partial charge is 0.497 e. The fourth-order valence-corrected chi connectivity index (χ4v) is 6.51. The molecule has 2 amide bonds. The predicted octanol–water partition coefficient (Wildman–Crippen LogP) is 6.02. The third kappa shape index (κ3) is 8.86. The maximum Gasteiger partial charge on any atom is 0.264 e. The van der Waals surface area contributed by atoms with Crippen LogP contribution >= 0.6 is 11.6 Å². The summed E-state index contributed by atoms with van der Waals surface area (Å²) in [6, 6.07) is 28.2. The number of ether oxygens (including phenoxy) is 1. The molecule has 4 aromatic carbocycles. The molecular weight excluding hydrogens is 610 g/mol. The Hall–Kier alpha value is -4.34. The average Bonchev–Trinajstić information content (AvgIpc) is 3.02. The lowest BCUT2D eigenvalue weighted by Gasteiger charge is -2.34. The van der Waals surface area contributed by atoms with E-state index in [1.165, 1.54) is 24.1 Å². The number of benzene rings is 4. The Kier molecular flexibility index (Phi) is 11.3. The summed E-state index contributed by atoms with van der Waals surface area (Å²) >= 11 is 6.30. The van der Waals surface area contributed by atoms with Crippen molar-refractivity contribution < 1.29 is 22.7 Å². The number of hydrogen-bond donors (Lipinski definition) is 1. The molecule has 0 radical (unpaired) electrons. The van der Waals surface area contributed by atoms with Gasteiger partial charge in [0.1, 0.15) is 18.3 Å². The third-order valence-corrected chi connectivity index (χ3v) is 9.22. The Labute approximate surface area is 270 Å². The molecule has 1 N–H and O–H groups in total. The molecule has 1 unspecified atom stereocenters. The number of methoxy groups -OCH3 is 1. The second-order valence-corrected chi connectivity index (χ2v) is 13.3. The van der Waals surface area contributed by atoms with E-state index in [1.54, 1.807) is 54.6 Å². The first-order chi connectivity index (χ1) is 21.5. The second-order valence-electron chi connectivity index (χ2n) is 11.0. The molecule has 8 nitrogen and oxygen atoms in total. The highest BCUT2D eigenvalue weighted by Gasteiger charge is 2.35. The molecule has 4 rings (SSSR count). The van der Waals surface area contributed by atoms with Crippen molar-refractivity contribution in [3.63, 3.8) is 0 Å². The van der Waals surface area contributed by atoms with E-state index >= 15 is 0 Å². The fraction of sp³-hybridized carbons (Fsp3) is 0.257. The van der Waals surface area contributed by atoms with E-state index in [0.29, 0.717) is 22.0 Å². The first-order valence-electron chi connectivity index (χ1n) is 14.6. The zero-order chi connectivity index (χ0) is 32.6. The highest BCUT2D eigenvalue weighted by molar-refractivity contribution is 7.92. The lowest BCUT2D eigenvalue weighted by atomic mass is 10.0. The van der Waals surface area contributed by atoms with Gasteiger partial charge < -0.3 is 15.0 Å². The second kappa shape index (κ2) is 15.1. The number of hydrogen-bond acceptors (Lipinski definition) is 5. The molecule has 0 aliphatic rings. The van der Waals surface area contributed by atoms with Gasteiger partial charge in [0.25, 0.3) is 10.0 Å². The number of nitrogens with one attached hydrogen (secondary N) is 1. The molecule has 10 heteroatoms. The molecule has 0 bridgehead atoms. The van der Waals surface area contributed by atoms with Crippen molar-refractivity contribution in [3.05, 3.63) is 125 Å². The van der Waals surface area contributed by atoms with Crippen molar-refractivity contribution in [1.82, 2.24) is 10.2 Å². The Balaban J connectivity index is 1.80. The lowest BCUT2D eigenvalue weighted by molar-refractivity contribution is -0.140. The SMILES string of the molecule is COc1ccc(S(=O)(=O)N(CC(=O)N(Cc2cccc(Cl)c2)C(Cc2ccccc2)C(=O)NC(C)C)c2ccc(C)cc2)cc1. The molecule has 0 aliphatic heterocycles. The number of sulfonamides is 1. The number of amides is 2. The van der Waals surface area contributed by atoms with Crippen LogP contribution in [0.1, 0.15) is 30.5 Å². The summed E-state index contributed by atoms with van der Waals surface area (Å²) in [4.78, 5) is 29.7. The first kappa shape index (κ1) is 33.6. The molecule has 0 fully saturated rings. The van der Waals surface area contributed by atoms with Crippen LogP contribution in [0.15, 0.2) is 108 Å². The van der Waals surface area contributed by atoms with Gasteiger partial charge in [-0.1, -0.05) is 71.8 Å². The topological polar surface area (TPSA) is 96.0 Å². The summed E-state index contributed by atoms with van der Waals surface area (Å²) in [5.74, 6) is -0.392. The molecule has 0 aromatic heterocycles. The zero-order valence-corrected chi connectivity index (χ0v) is 27.4. The van der Waals surface area contributed by atoms with Crippen LogP contribution < -0.4 is 14.4 Å². The van der Waals surface area contributed by atoms with Crippen LogP contribution in [0.4, 0.5) is 5.69 Å². The van der Waals surface area contributed by atoms with Crippen LogP contribution in [0.2, 0.25) is 5.02 Å². The maximum atomic E-state index is 14.5. The Morgan fingerprint density at radius 3 is 2.11 bits per heavy atom. The molecule has 4 aromatic rings. The van der Waals surface area contributed by atoms with Gasteiger partial charge in [0.2, 0.25) is 11.8 Å². The number of rotatable bonds is 13. The minimum atomic E-state index is -4.22. The quantitative estimate of drug-likeness (QED) is 0.192. The van der Waals surface area contributed by atoms with Gasteiger partial charge >= 0.3 is 0 Å². The van der Waals surface area contributed by atoms with Crippen molar-refractivity contribution in [2.75, 3.05) is 18.0 Å². The normalized spacial score (nSPS) is 12.0. The van der Waals surface area contributed by atoms with E-state index in [9.17, 15) is 18.0 Å².